The SMILES string of the molecule is Cc1cc(OC2CCN(Cc3ccncc3F)CC2)c2cccc(F)c2n1. The Balaban J connectivity index is 1.43. The Morgan fingerprint density at radius 2 is 1.96 bits per heavy atom. The van der Waals surface area contributed by atoms with Crippen molar-refractivity contribution in [1.29, 1.82) is 0 Å². The maximum atomic E-state index is 14.1. The molecule has 0 amide bonds. The second kappa shape index (κ2) is 7.56. The van der Waals surface area contributed by atoms with Gasteiger partial charge in [-0.05, 0) is 38.0 Å². The van der Waals surface area contributed by atoms with Gasteiger partial charge >= 0.3 is 0 Å². The van der Waals surface area contributed by atoms with E-state index in [9.17, 15) is 8.78 Å². The minimum atomic E-state index is -0.338. The molecule has 1 saturated heterocycles. The molecule has 0 N–H and O–H groups in total. The number of aryl methyl sites for hydroxylation is 1. The molecule has 140 valence electrons. The zero-order chi connectivity index (χ0) is 18.8. The Morgan fingerprint density at radius 3 is 2.74 bits per heavy atom. The Labute approximate surface area is 156 Å². The molecule has 1 aromatic carbocycles. The first-order valence-corrected chi connectivity index (χ1v) is 9.13. The lowest BCUT2D eigenvalue weighted by atomic mass is 10.1. The molecule has 3 aromatic rings. The Bertz CT molecular complexity index is 955. The van der Waals surface area contributed by atoms with Crippen LogP contribution < -0.4 is 4.74 Å². The number of fused-ring (bicyclic) bond motifs is 1. The van der Waals surface area contributed by atoms with Gasteiger partial charge in [0.1, 0.15) is 29.0 Å². The van der Waals surface area contributed by atoms with E-state index >= 15 is 0 Å². The first-order chi connectivity index (χ1) is 13.1. The number of nitrogens with zero attached hydrogens (tertiary/aromatic N) is 3. The average Bonchev–Trinajstić information content (AvgIpc) is 2.66. The van der Waals surface area contributed by atoms with Crippen LogP contribution >= 0.6 is 0 Å². The highest BCUT2D eigenvalue weighted by molar-refractivity contribution is 5.85. The topological polar surface area (TPSA) is 38.2 Å². The standard InChI is InChI=1S/C21H21F2N3O/c1-14-11-20(17-3-2-4-18(22)21(17)25-14)27-16-6-9-26(10-7-16)13-15-5-8-24-12-19(15)23/h2-5,8,11-12,16H,6-7,9-10,13H2,1H3. The summed E-state index contributed by atoms with van der Waals surface area (Å²) in [5.41, 5.74) is 1.74. The van der Waals surface area contributed by atoms with Crippen molar-refractivity contribution in [2.75, 3.05) is 13.1 Å². The predicted octanol–water partition coefficient (Wildman–Crippen LogP) is 4.26. The molecular formula is C21H21F2N3O. The average molecular weight is 369 g/mol. The first kappa shape index (κ1) is 17.8. The molecule has 3 heterocycles. The third kappa shape index (κ3) is 3.90. The van der Waals surface area contributed by atoms with E-state index in [0.29, 0.717) is 28.8 Å². The number of ether oxygens (including phenoxy) is 1. The van der Waals surface area contributed by atoms with Gasteiger partial charge < -0.3 is 4.74 Å². The summed E-state index contributed by atoms with van der Waals surface area (Å²) in [6.45, 7) is 4.06. The number of benzene rings is 1. The fourth-order valence-corrected chi connectivity index (χ4v) is 3.54. The fraction of sp³-hybridized carbons (Fsp3) is 0.333. The maximum absolute atomic E-state index is 14.1. The molecule has 1 fully saturated rings. The number of rotatable bonds is 4. The van der Waals surface area contributed by atoms with Gasteiger partial charge in [-0.25, -0.2) is 13.8 Å². The van der Waals surface area contributed by atoms with Crippen molar-refractivity contribution in [3.8, 4) is 5.75 Å². The molecule has 0 spiro atoms. The van der Waals surface area contributed by atoms with Crippen molar-refractivity contribution in [3.63, 3.8) is 0 Å². The van der Waals surface area contributed by atoms with Crippen molar-refractivity contribution < 1.29 is 13.5 Å². The van der Waals surface area contributed by atoms with Gasteiger partial charge in [-0.1, -0.05) is 6.07 Å². The van der Waals surface area contributed by atoms with Crippen molar-refractivity contribution >= 4 is 10.9 Å². The number of hydrogen-bond donors (Lipinski definition) is 0. The monoisotopic (exact) mass is 369 g/mol. The summed E-state index contributed by atoms with van der Waals surface area (Å²) in [4.78, 5) is 10.3. The highest BCUT2D eigenvalue weighted by Crippen LogP contribution is 2.29. The summed E-state index contributed by atoms with van der Waals surface area (Å²) in [6, 6.07) is 8.50. The molecule has 1 aliphatic rings. The van der Waals surface area contributed by atoms with Crippen molar-refractivity contribution in [3.05, 3.63) is 65.6 Å². The largest absolute Gasteiger partial charge is 0.490 e. The Hall–Kier alpha value is -2.60. The van der Waals surface area contributed by atoms with Crippen LogP contribution in [0.2, 0.25) is 0 Å². The quantitative estimate of drug-likeness (QED) is 0.689. The second-order valence-corrected chi connectivity index (χ2v) is 6.96. The lowest BCUT2D eigenvalue weighted by molar-refractivity contribution is 0.0972. The summed E-state index contributed by atoms with van der Waals surface area (Å²) in [5.74, 6) is 0.0718. The highest BCUT2D eigenvalue weighted by atomic mass is 19.1. The van der Waals surface area contributed by atoms with Gasteiger partial charge in [0.05, 0.1) is 6.20 Å². The van der Waals surface area contributed by atoms with Crippen LogP contribution in [-0.2, 0) is 6.54 Å². The smallest absolute Gasteiger partial charge is 0.149 e. The Kier molecular flexibility index (Phi) is 4.99. The van der Waals surface area contributed by atoms with E-state index in [1.165, 1.54) is 12.3 Å². The van der Waals surface area contributed by atoms with Crippen LogP contribution in [-0.4, -0.2) is 34.1 Å². The summed E-state index contributed by atoms with van der Waals surface area (Å²) in [5, 5.41) is 0.696. The molecule has 4 rings (SSSR count). The van der Waals surface area contributed by atoms with Crippen LogP contribution in [0.15, 0.2) is 42.7 Å². The van der Waals surface area contributed by atoms with Crippen molar-refractivity contribution in [1.82, 2.24) is 14.9 Å². The van der Waals surface area contributed by atoms with Gasteiger partial charge in [0.25, 0.3) is 0 Å². The number of pyridine rings is 2. The zero-order valence-electron chi connectivity index (χ0n) is 15.2. The van der Waals surface area contributed by atoms with Crippen molar-refractivity contribution in [2.45, 2.75) is 32.4 Å². The molecule has 0 unspecified atom stereocenters. The number of piperidine rings is 1. The minimum Gasteiger partial charge on any atom is -0.490 e. The molecule has 0 saturated carbocycles. The van der Waals surface area contributed by atoms with Crippen LogP contribution in [0.4, 0.5) is 8.78 Å². The molecule has 1 aliphatic heterocycles. The third-order valence-corrected chi connectivity index (χ3v) is 4.96. The first-order valence-electron chi connectivity index (χ1n) is 9.13. The molecule has 2 aromatic heterocycles. The normalized spacial score (nSPS) is 16.0. The van der Waals surface area contributed by atoms with Crippen LogP contribution in [0, 0.1) is 18.6 Å². The van der Waals surface area contributed by atoms with E-state index in [4.69, 9.17) is 4.74 Å². The van der Waals surface area contributed by atoms with Crippen LogP contribution in [0.5, 0.6) is 5.75 Å². The summed E-state index contributed by atoms with van der Waals surface area (Å²) in [7, 11) is 0. The van der Waals surface area contributed by atoms with E-state index in [1.807, 2.05) is 19.1 Å². The van der Waals surface area contributed by atoms with E-state index in [0.717, 1.165) is 31.6 Å². The van der Waals surface area contributed by atoms with Crippen LogP contribution in [0.1, 0.15) is 24.1 Å². The molecule has 0 aliphatic carbocycles. The van der Waals surface area contributed by atoms with E-state index in [-0.39, 0.29) is 17.7 Å². The molecule has 0 atom stereocenters. The number of hydrogen-bond acceptors (Lipinski definition) is 4. The number of likely N-dealkylation sites (tertiary alicyclic amines) is 1. The minimum absolute atomic E-state index is 0.0526. The fourth-order valence-electron chi connectivity index (χ4n) is 3.54. The van der Waals surface area contributed by atoms with E-state index < -0.39 is 0 Å². The molecule has 27 heavy (non-hydrogen) atoms. The molecule has 4 nitrogen and oxygen atoms in total. The zero-order valence-corrected chi connectivity index (χ0v) is 15.2. The van der Waals surface area contributed by atoms with Gasteiger partial charge in [-0.3, -0.25) is 9.88 Å². The molecular weight excluding hydrogens is 348 g/mol. The number of aromatic nitrogens is 2. The van der Waals surface area contributed by atoms with Crippen molar-refractivity contribution in [2.24, 2.45) is 0 Å². The van der Waals surface area contributed by atoms with Crippen LogP contribution in [0.25, 0.3) is 10.9 Å². The van der Waals surface area contributed by atoms with Gasteiger partial charge in [0.15, 0.2) is 0 Å². The number of halogens is 2. The highest BCUT2D eigenvalue weighted by Gasteiger charge is 2.22. The lowest BCUT2D eigenvalue weighted by Crippen LogP contribution is -2.38. The summed E-state index contributed by atoms with van der Waals surface area (Å²) >= 11 is 0. The predicted molar refractivity (Wildman–Crippen MR) is 99.6 cm³/mol. The second-order valence-electron chi connectivity index (χ2n) is 6.96. The summed E-state index contributed by atoms with van der Waals surface area (Å²) < 4.78 is 34.0. The van der Waals surface area contributed by atoms with Gasteiger partial charge in [0, 0.05) is 48.5 Å². The molecule has 0 radical (unpaired) electrons. The lowest BCUT2D eigenvalue weighted by Gasteiger charge is -2.32. The number of para-hydroxylation sites is 1. The maximum Gasteiger partial charge on any atom is 0.149 e. The van der Waals surface area contributed by atoms with Gasteiger partial charge in [-0.2, -0.15) is 0 Å². The van der Waals surface area contributed by atoms with Gasteiger partial charge in [0.2, 0.25) is 0 Å². The molecule has 0 bridgehead atoms. The van der Waals surface area contributed by atoms with E-state index in [1.54, 1.807) is 18.3 Å². The molecule has 6 heteroatoms. The third-order valence-electron chi connectivity index (χ3n) is 4.96. The van der Waals surface area contributed by atoms with E-state index in [2.05, 4.69) is 14.9 Å². The van der Waals surface area contributed by atoms with Gasteiger partial charge in [-0.15, -0.1) is 0 Å². The summed E-state index contributed by atoms with van der Waals surface area (Å²) in [6.07, 6.45) is 4.60. The Morgan fingerprint density at radius 1 is 1.15 bits per heavy atom. The van der Waals surface area contributed by atoms with Crippen LogP contribution in [0.3, 0.4) is 0 Å².